The van der Waals surface area contributed by atoms with E-state index in [1.165, 1.54) is 12.1 Å². The first-order chi connectivity index (χ1) is 22.6. The molecule has 0 fully saturated rings. The van der Waals surface area contributed by atoms with Crippen molar-refractivity contribution in [3.63, 3.8) is 0 Å². The normalized spacial score (nSPS) is 15.3. The van der Waals surface area contributed by atoms with Crippen molar-refractivity contribution in [1.82, 2.24) is 9.80 Å². The number of fused-ring (bicyclic) bond motifs is 1. The van der Waals surface area contributed by atoms with Crippen LogP contribution in [0.4, 0.5) is 8.78 Å². The second-order valence-corrected chi connectivity index (χ2v) is 12.6. The molecule has 3 aromatic rings. The van der Waals surface area contributed by atoms with E-state index in [0.29, 0.717) is 42.6 Å². The van der Waals surface area contributed by atoms with Gasteiger partial charge < -0.3 is 25.1 Å². The summed E-state index contributed by atoms with van der Waals surface area (Å²) in [4.78, 5) is 44.3. The second kappa shape index (κ2) is 16.6. The Morgan fingerprint density at radius 3 is 2.26 bits per heavy atom. The van der Waals surface area contributed by atoms with Gasteiger partial charge in [-0.2, -0.15) is 0 Å². The summed E-state index contributed by atoms with van der Waals surface area (Å²) in [5.74, 6) is -1.76. The Balaban J connectivity index is 1.69. The van der Waals surface area contributed by atoms with Crippen LogP contribution in [-0.4, -0.2) is 60.7 Å². The fraction of sp³-hybridized carbons (Fsp3) is 0.447. The number of nitrogens with two attached hydrogens (primary N) is 1. The van der Waals surface area contributed by atoms with Crippen molar-refractivity contribution in [2.75, 3.05) is 26.7 Å². The van der Waals surface area contributed by atoms with Gasteiger partial charge in [0.1, 0.15) is 23.7 Å². The van der Waals surface area contributed by atoms with E-state index >= 15 is 0 Å². The third kappa shape index (κ3) is 9.04. The van der Waals surface area contributed by atoms with Gasteiger partial charge in [0.05, 0.1) is 13.2 Å². The number of aryl methyl sites for hydroxylation is 3. The number of amides is 2. The van der Waals surface area contributed by atoms with Crippen LogP contribution >= 0.6 is 0 Å². The SMILES string of the molecule is CCCN(CCC)C(=O)c1cc(C)cc(C(=O)N(CC(C=O)C(N)CCc2cc(F)cc(F)c2)C2CCCc3cc(OC)ccc32)c1. The van der Waals surface area contributed by atoms with Crippen LogP contribution in [0.2, 0.25) is 0 Å². The molecule has 0 spiro atoms. The van der Waals surface area contributed by atoms with E-state index in [9.17, 15) is 23.2 Å². The number of hydrogen-bond acceptors (Lipinski definition) is 5. The number of benzene rings is 3. The number of rotatable bonds is 15. The summed E-state index contributed by atoms with van der Waals surface area (Å²) in [5, 5.41) is 0. The number of ether oxygens (including phenoxy) is 1. The topological polar surface area (TPSA) is 92.9 Å². The number of halogens is 2. The zero-order chi connectivity index (χ0) is 34.1. The van der Waals surface area contributed by atoms with E-state index in [2.05, 4.69) is 0 Å². The average Bonchev–Trinajstić information content (AvgIpc) is 3.06. The monoisotopic (exact) mass is 647 g/mol. The molecule has 0 saturated heterocycles. The number of nitrogens with zero attached hydrogens (tertiary/aromatic N) is 2. The average molecular weight is 648 g/mol. The van der Waals surface area contributed by atoms with Crippen molar-refractivity contribution in [1.29, 1.82) is 0 Å². The van der Waals surface area contributed by atoms with Gasteiger partial charge in [-0.3, -0.25) is 9.59 Å². The zero-order valence-corrected chi connectivity index (χ0v) is 27.9. The molecule has 2 N–H and O–H groups in total. The van der Waals surface area contributed by atoms with Crippen molar-refractivity contribution in [2.45, 2.75) is 77.8 Å². The molecule has 0 aliphatic heterocycles. The van der Waals surface area contributed by atoms with E-state index in [1.54, 1.807) is 24.1 Å². The maximum Gasteiger partial charge on any atom is 0.254 e. The summed E-state index contributed by atoms with van der Waals surface area (Å²) in [7, 11) is 1.62. The minimum atomic E-state index is -0.739. The van der Waals surface area contributed by atoms with Crippen LogP contribution in [-0.2, 0) is 17.6 Å². The van der Waals surface area contributed by atoms with Crippen LogP contribution in [0.1, 0.15) is 95.0 Å². The number of hydrogen-bond donors (Lipinski definition) is 1. The first-order valence-corrected chi connectivity index (χ1v) is 16.6. The molecule has 252 valence electrons. The fourth-order valence-corrected chi connectivity index (χ4v) is 6.61. The lowest BCUT2D eigenvalue weighted by atomic mass is 9.85. The van der Waals surface area contributed by atoms with Crippen molar-refractivity contribution in [2.24, 2.45) is 11.7 Å². The van der Waals surface area contributed by atoms with Gasteiger partial charge in [0.2, 0.25) is 0 Å². The highest BCUT2D eigenvalue weighted by Crippen LogP contribution is 2.37. The molecule has 3 aromatic carbocycles. The molecular formula is C38H47F2N3O4. The molecule has 3 atom stereocenters. The highest BCUT2D eigenvalue weighted by Gasteiger charge is 2.34. The molecule has 7 nitrogen and oxygen atoms in total. The van der Waals surface area contributed by atoms with Gasteiger partial charge in [0, 0.05) is 48.8 Å². The minimum absolute atomic E-state index is 0.0478. The molecule has 4 rings (SSSR count). The Morgan fingerprint density at radius 1 is 0.979 bits per heavy atom. The van der Waals surface area contributed by atoms with Gasteiger partial charge in [-0.25, -0.2) is 8.78 Å². The number of carbonyl (C=O) groups is 3. The third-order valence-electron chi connectivity index (χ3n) is 8.94. The molecule has 0 radical (unpaired) electrons. The van der Waals surface area contributed by atoms with Gasteiger partial charge in [0.15, 0.2) is 0 Å². The van der Waals surface area contributed by atoms with Crippen molar-refractivity contribution >= 4 is 18.1 Å². The third-order valence-corrected chi connectivity index (χ3v) is 8.94. The molecular weight excluding hydrogens is 600 g/mol. The van der Waals surface area contributed by atoms with Gasteiger partial charge in [-0.05, 0) is 117 Å². The van der Waals surface area contributed by atoms with E-state index in [0.717, 1.165) is 60.5 Å². The molecule has 3 unspecified atom stereocenters. The summed E-state index contributed by atoms with van der Waals surface area (Å²) in [6, 6.07) is 13.4. The van der Waals surface area contributed by atoms with E-state index in [-0.39, 0.29) is 30.8 Å². The highest BCUT2D eigenvalue weighted by molar-refractivity contribution is 6.00. The molecule has 0 bridgehead atoms. The number of methoxy groups -OCH3 is 1. The number of carbonyl (C=O) groups excluding carboxylic acids is 3. The zero-order valence-electron chi connectivity index (χ0n) is 27.9. The molecule has 1 aliphatic rings. The standard InChI is InChI=1S/C38H47F2N3O4/c1-5-14-42(15-6-2)37(45)28-16-25(3)17-29(20-28)38(46)43(36-9-7-8-27-21-33(47-4)11-12-34(27)36)23-30(24-44)35(41)13-10-26-18-31(39)22-32(40)19-26/h11-12,16-22,24,30,35-36H,5-10,13-15,23,41H2,1-4H3. The van der Waals surface area contributed by atoms with Crippen molar-refractivity contribution in [3.8, 4) is 5.75 Å². The molecule has 2 amide bonds. The van der Waals surface area contributed by atoms with Crippen LogP contribution in [0.15, 0.2) is 54.6 Å². The maximum absolute atomic E-state index is 14.6. The fourth-order valence-electron chi connectivity index (χ4n) is 6.61. The molecule has 0 heterocycles. The van der Waals surface area contributed by atoms with E-state index in [4.69, 9.17) is 10.5 Å². The molecule has 0 saturated carbocycles. The van der Waals surface area contributed by atoms with Crippen molar-refractivity contribution in [3.05, 3.63) is 99.6 Å². The summed E-state index contributed by atoms with van der Waals surface area (Å²) < 4.78 is 33.1. The second-order valence-electron chi connectivity index (χ2n) is 12.6. The maximum atomic E-state index is 14.6. The largest absolute Gasteiger partial charge is 0.497 e. The van der Waals surface area contributed by atoms with E-state index < -0.39 is 23.6 Å². The van der Waals surface area contributed by atoms with Crippen LogP contribution in [0.5, 0.6) is 5.75 Å². The quantitative estimate of drug-likeness (QED) is 0.183. The Hall–Kier alpha value is -4.11. The summed E-state index contributed by atoms with van der Waals surface area (Å²) in [6.45, 7) is 7.22. The van der Waals surface area contributed by atoms with Gasteiger partial charge >= 0.3 is 0 Å². The lowest BCUT2D eigenvalue weighted by Crippen LogP contribution is -2.45. The van der Waals surface area contributed by atoms with Crippen LogP contribution < -0.4 is 10.5 Å². The summed E-state index contributed by atoms with van der Waals surface area (Å²) in [6.07, 6.45) is 5.34. The smallest absolute Gasteiger partial charge is 0.254 e. The summed E-state index contributed by atoms with van der Waals surface area (Å²) >= 11 is 0. The number of aldehydes is 1. The Bertz CT molecular complexity index is 1540. The van der Waals surface area contributed by atoms with Crippen LogP contribution in [0.25, 0.3) is 0 Å². The van der Waals surface area contributed by atoms with E-state index in [1.807, 2.05) is 49.9 Å². The van der Waals surface area contributed by atoms with Gasteiger partial charge in [0.25, 0.3) is 11.8 Å². The van der Waals surface area contributed by atoms with Crippen molar-refractivity contribution < 1.29 is 27.9 Å². The minimum Gasteiger partial charge on any atom is -0.497 e. The predicted molar refractivity (Wildman–Crippen MR) is 180 cm³/mol. The molecule has 1 aliphatic carbocycles. The van der Waals surface area contributed by atoms with Crippen LogP contribution in [0.3, 0.4) is 0 Å². The lowest BCUT2D eigenvalue weighted by molar-refractivity contribution is -0.112. The Labute approximate surface area is 277 Å². The Morgan fingerprint density at radius 2 is 1.64 bits per heavy atom. The van der Waals surface area contributed by atoms with Gasteiger partial charge in [-0.1, -0.05) is 19.9 Å². The Kier molecular flexibility index (Phi) is 12.6. The molecule has 9 heteroatoms. The molecule has 47 heavy (non-hydrogen) atoms. The first-order valence-electron chi connectivity index (χ1n) is 16.6. The van der Waals surface area contributed by atoms with Gasteiger partial charge in [-0.15, -0.1) is 0 Å². The first kappa shape index (κ1) is 35.7. The highest BCUT2D eigenvalue weighted by atomic mass is 19.1. The predicted octanol–water partition coefficient (Wildman–Crippen LogP) is 6.84. The van der Waals surface area contributed by atoms with Crippen LogP contribution in [0, 0.1) is 24.5 Å². The molecule has 0 aromatic heterocycles. The lowest BCUT2D eigenvalue weighted by Gasteiger charge is -2.38. The summed E-state index contributed by atoms with van der Waals surface area (Å²) in [5.41, 5.74) is 10.7.